The van der Waals surface area contributed by atoms with Crippen molar-refractivity contribution in [2.45, 2.75) is 57.7 Å². The number of ether oxygens (including phenoxy) is 1. The van der Waals surface area contributed by atoms with Crippen molar-refractivity contribution in [3.8, 4) is 5.75 Å². The number of rotatable bonds is 12. The Balaban J connectivity index is 1.77. The summed E-state index contributed by atoms with van der Waals surface area (Å²) in [6, 6.07) is 12.6. The summed E-state index contributed by atoms with van der Waals surface area (Å²) in [7, 11) is 0. The predicted molar refractivity (Wildman–Crippen MR) is 119 cm³/mol. The Hall–Kier alpha value is -2.13. The highest BCUT2D eigenvalue weighted by molar-refractivity contribution is 5.28. The molecule has 0 aliphatic heterocycles. The first kappa shape index (κ1) is 26.1. The zero-order chi connectivity index (χ0) is 23.7. The average Bonchev–Trinajstić information content (AvgIpc) is 2.75. The normalized spacial score (nSPS) is 14.9. The Morgan fingerprint density at radius 3 is 2.25 bits per heavy atom. The Labute approximate surface area is 187 Å². The van der Waals surface area contributed by atoms with E-state index >= 15 is 0 Å². The lowest BCUT2D eigenvalue weighted by Gasteiger charge is -2.19. The molecule has 2 aromatic carbocycles. The van der Waals surface area contributed by atoms with E-state index in [0.717, 1.165) is 17.7 Å². The van der Waals surface area contributed by atoms with Crippen LogP contribution in [-0.4, -0.2) is 48.1 Å². The van der Waals surface area contributed by atoms with Crippen molar-refractivity contribution >= 4 is 0 Å². The lowest BCUT2D eigenvalue weighted by atomic mass is 10.0. The summed E-state index contributed by atoms with van der Waals surface area (Å²) in [6.45, 7) is 6.77. The maximum atomic E-state index is 12.8. The van der Waals surface area contributed by atoms with E-state index in [1.54, 1.807) is 0 Å². The van der Waals surface area contributed by atoms with Crippen LogP contribution in [0.2, 0.25) is 0 Å². The van der Waals surface area contributed by atoms with E-state index in [9.17, 15) is 23.4 Å². The molecule has 0 saturated heterocycles. The number of halogens is 3. The van der Waals surface area contributed by atoms with Crippen LogP contribution in [-0.2, 0) is 12.6 Å². The number of aliphatic hydroxyl groups is 2. The summed E-state index contributed by atoms with van der Waals surface area (Å²) >= 11 is 0. The van der Waals surface area contributed by atoms with Crippen LogP contribution in [0.5, 0.6) is 5.75 Å². The first-order valence-corrected chi connectivity index (χ1v) is 10.8. The highest BCUT2D eigenvalue weighted by atomic mass is 19.4. The molecular formula is C24H33F3N2O3. The molecule has 0 aliphatic rings. The van der Waals surface area contributed by atoms with E-state index < -0.39 is 23.9 Å². The van der Waals surface area contributed by atoms with E-state index in [0.29, 0.717) is 24.8 Å². The van der Waals surface area contributed by atoms with E-state index in [1.165, 1.54) is 12.1 Å². The van der Waals surface area contributed by atoms with Gasteiger partial charge in [0, 0.05) is 25.2 Å². The van der Waals surface area contributed by atoms with Gasteiger partial charge in [-0.15, -0.1) is 0 Å². The minimum atomic E-state index is -4.44. The van der Waals surface area contributed by atoms with Crippen molar-refractivity contribution in [3.63, 3.8) is 0 Å². The van der Waals surface area contributed by atoms with Gasteiger partial charge in [0.05, 0.1) is 11.7 Å². The summed E-state index contributed by atoms with van der Waals surface area (Å²) in [4.78, 5) is 0. The molecule has 0 spiro atoms. The van der Waals surface area contributed by atoms with Crippen LogP contribution < -0.4 is 15.4 Å². The number of alkyl halides is 3. The summed E-state index contributed by atoms with van der Waals surface area (Å²) in [5.41, 5.74) is 0.507. The number of hydrogen-bond donors (Lipinski definition) is 4. The van der Waals surface area contributed by atoms with Gasteiger partial charge in [-0.1, -0.05) is 38.1 Å². The Bertz CT molecular complexity index is 813. The lowest BCUT2D eigenvalue weighted by Crippen LogP contribution is -2.35. The van der Waals surface area contributed by atoms with Crippen LogP contribution in [0.15, 0.2) is 48.5 Å². The maximum Gasteiger partial charge on any atom is 0.416 e. The molecule has 0 bridgehead atoms. The average molecular weight is 455 g/mol. The van der Waals surface area contributed by atoms with Crippen LogP contribution in [0, 0.1) is 0 Å². The van der Waals surface area contributed by atoms with Gasteiger partial charge in [-0.05, 0) is 48.7 Å². The number of benzene rings is 2. The van der Waals surface area contributed by atoms with Gasteiger partial charge in [-0.2, -0.15) is 13.2 Å². The molecule has 8 heteroatoms. The van der Waals surface area contributed by atoms with Crippen LogP contribution in [0.1, 0.15) is 43.6 Å². The molecule has 2 rings (SSSR count). The lowest BCUT2D eigenvalue weighted by molar-refractivity contribution is -0.137. The topological polar surface area (TPSA) is 73.8 Å². The van der Waals surface area contributed by atoms with Crippen LogP contribution in [0.4, 0.5) is 13.2 Å². The SMILES string of the molecule is CC(C)NCC(O)COc1ccc(CC(C)NCC(O)c2cccc(C(F)(F)F)c2)cc1. The second kappa shape index (κ2) is 12.2. The largest absolute Gasteiger partial charge is 0.491 e. The molecule has 0 heterocycles. The maximum absolute atomic E-state index is 12.8. The Morgan fingerprint density at radius 2 is 1.62 bits per heavy atom. The molecule has 0 fully saturated rings. The van der Waals surface area contributed by atoms with Crippen molar-refractivity contribution < 1.29 is 28.1 Å². The van der Waals surface area contributed by atoms with E-state index in [-0.39, 0.29) is 24.8 Å². The van der Waals surface area contributed by atoms with Crippen molar-refractivity contribution in [1.82, 2.24) is 10.6 Å². The summed E-state index contributed by atoms with van der Waals surface area (Å²) in [5.74, 6) is 0.665. The molecule has 5 nitrogen and oxygen atoms in total. The molecule has 32 heavy (non-hydrogen) atoms. The van der Waals surface area contributed by atoms with Gasteiger partial charge in [-0.25, -0.2) is 0 Å². The highest BCUT2D eigenvalue weighted by Gasteiger charge is 2.30. The molecular weight excluding hydrogens is 421 g/mol. The standard InChI is InChI=1S/C24H33F3N2O3/c1-16(2)28-13-21(30)15-32-22-9-7-18(8-10-22)11-17(3)29-14-23(31)19-5-4-6-20(12-19)24(25,26)27/h4-10,12,16-17,21,23,28-31H,11,13-15H2,1-3H3. The van der Waals surface area contributed by atoms with Gasteiger partial charge < -0.3 is 25.6 Å². The zero-order valence-corrected chi connectivity index (χ0v) is 18.7. The van der Waals surface area contributed by atoms with Gasteiger partial charge >= 0.3 is 6.18 Å². The van der Waals surface area contributed by atoms with Gasteiger partial charge in [-0.3, -0.25) is 0 Å². The number of nitrogens with one attached hydrogen (secondary N) is 2. The third kappa shape index (κ3) is 9.16. The fourth-order valence-corrected chi connectivity index (χ4v) is 3.12. The molecule has 178 valence electrons. The van der Waals surface area contributed by atoms with Crippen LogP contribution in [0.3, 0.4) is 0 Å². The molecule has 0 aliphatic carbocycles. The van der Waals surface area contributed by atoms with Gasteiger partial charge in [0.1, 0.15) is 18.5 Å². The third-order valence-electron chi connectivity index (χ3n) is 4.93. The van der Waals surface area contributed by atoms with Crippen molar-refractivity contribution in [2.75, 3.05) is 19.7 Å². The first-order valence-electron chi connectivity index (χ1n) is 10.8. The number of hydrogen-bond acceptors (Lipinski definition) is 5. The Kier molecular flexibility index (Phi) is 9.96. The first-order chi connectivity index (χ1) is 15.0. The molecule has 2 aromatic rings. The second-order valence-corrected chi connectivity index (χ2v) is 8.32. The monoisotopic (exact) mass is 454 g/mol. The van der Waals surface area contributed by atoms with E-state index in [4.69, 9.17) is 4.74 Å². The summed E-state index contributed by atoms with van der Waals surface area (Å²) < 4.78 is 44.1. The van der Waals surface area contributed by atoms with Crippen LogP contribution in [0.25, 0.3) is 0 Å². The molecule has 4 N–H and O–H groups in total. The van der Waals surface area contributed by atoms with Gasteiger partial charge in [0.2, 0.25) is 0 Å². The molecule has 0 aromatic heterocycles. The van der Waals surface area contributed by atoms with E-state index in [1.807, 2.05) is 45.0 Å². The minimum absolute atomic E-state index is 0.00569. The summed E-state index contributed by atoms with van der Waals surface area (Å²) in [5, 5.41) is 26.5. The predicted octanol–water partition coefficient (Wildman–Crippen LogP) is 3.70. The molecule has 0 amide bonds. The zero-order valence-electron chi connectivity index (χ0n) is 18.7. The fourth-order valence-electron chi connectivity index (χ4n) is 3.12. The molecule has 3 atom stereocenters. The van der Waals surface area contributed by atoms with Gasteiger partial charge in [0.25, 0.3) is 0 Å². The third-order valence-corrected chi connectivity index (χ3v) is 4.93. The molecule has 0 saturated carbocycles. The minimum Gasteiger partial charge on any atom is -0.491 e. The quantitative estimate of drug-likeness (QED) is 0.394. The van der Waals surface area contributed by atoms with E-state index in [2.05, 4.69) is 10.6 Å². The summed E-state index contributed by atoms with van der Waals surface area (Å²) in [6.07, 6.45) is -5.39. The molecule has 0 radical (unpaired) electrons. The van der Waals surface area contributed by atoms with Crippen molar-refractivity contribution in [3.05, 3.63) is 65.2 Å². The Morgan fingerprint density at radius 1 is 0.938 bits per heavy atom. The second-order valence-electron chi connectivity index (χ2n) is 8.32. The number of aliphatic hydroxyl groups excluding tert-OH is 2. The fraction of sp³-hybridized carbons (Fsp3) is 0.500. The smallest absolute Gasteiger partial charge is 0.416 e. The van der Waals surface area contributed by atoms with Crippen molar-refractivity contribution in [1.29, 1.82) is 0 Å². The highest BCUT2D eigenvalue weighted by Crippen LogP contribution is 2.30. The molecule has 3 unspecified atom stereocenters. The van der Waals surface area contributed by atoms with Crippen molar-refractivity contribution in [2.24, 2.45) is 0 Å². The van der Waals surface area contributed by atoms with Gasteiger partial charge in [0.15, 0.2) is 0 Å². The van der Waals surface area contributed by atoms with Crippen LogP contribution >= 0.6 is 0 Å².